The maximum absolute atomic E-state index is 9.10. The first-order chi connectivity index (χ1) is 7.17. The van der Waals surface area contributed by atoms with Crippen LogP contribution in [0.5, 0.6) is 0 Å². The summed E-state index contributed by atoms with van der Waals surface area (Å²) in [5.74, 6) is 0. The summed E-state index contributed by atoms with van der Waals surface area (Å²) >= 11 is 2.30. The fraction of sp³-hybridized carbons (Fsp3) is 0.500. The van der Waals surface area contributed by atoms with E-state index in [1.165, 1.54) is 9.13 Å². The molecule has 0 spiro atoms. The summed E-state index contributed by atoms with van der Waals surface area (Å²) in [6.45, 7) is 4.40. The smallest absolute Gasteiger partial charge is 0.0584 e. The van der Waals surface area contributed by atoms with Gasteiger partial charge in [-0.25, -0.2) is 0 Å². The molecule has 2 N–H and O–H groups in total. The standard InChI is InChI=1S/C12H18INO/c1-3-12(8-15)14-9(2)10-4-6-11(13)7-5-10/h4-7,9,12,14-15H,3,8H2,1-2H3/t9-,12-/m1/s1. The number of nitrogens with one attached hydrogen (secondary N) is 1. The molecule has 0 aromatic heterocycles. The van der Waals surface area contributed by atoms with Gasteiger partial charge in [-0.2, -0.15) is 0 Å². The molecule has 0 aliphatic heterocycles. The number of hydrogen-bond donors (Lipinski definition) is 2. The molecule has 0 bridgehead atoms. The van der Waals surface area contributed by atoms with Crippen molar-refractivity contribution in [1.29, 1.82) is 0 Å². The Labute approximate surface area is 105 Å². The minimum absolute atomic E-state index is 0.194. The second kappa shape index (κ2) is 6.45. The van der Waals surface area contributed by atoms with E-state index in [0.717, 1.165) is 6.42 Å². The number of aliphatic hydroxyl groups is 1. The van der Waals surface area contributed by atoms with Crippen LogP contribution in [0.3, 0.4) is 0 Å². The third-order valence-electron chi connectivity index (χ3n) is 2.57. The average Bonchev–Trinajstić information content (AvgIpc) is 2.26. The maximum Gasteiger partial charge on any atom is 0.0584 e. The van der Waals surface area contributed by atoms with E-state index in [1.807, 2.05) is 0 Å². The molecule has 15 heavy (non-hydrogen) atoms. The molecule has 0 heterocycles. The van der Waals surface area contributed by atoms with Gasteiger partial charge in [-0.05, 0) is 53.6 Å². The van der Waals surface area contributed by atoms with Gasteiger partial charge in [0.05, 0.1) is 6.61 Å². The third-order valence-corrected chi connectivity index (χ3v) is 3.29. The predicted octanol–water partition coefficient (Wildman–Crippen LogP) is 2.71. The highest BCUT2D eigenvalue weighted by Crippen LogP contribution is 2.15. The summed E-state index contributed by atoms with van der Waals surface area (Å²) in [7, 11) is 0. The molecule has 0 aliphatic rings. The Morgan fingerprint density at radius 3 is 2.40 bits per heavy atom. The van der Waals surface area contributed by atoms with E-state index in [2.05, 4.69) is 66.0 Å². The van der Waals surface area contributed by atoms with E-state index >= 15 is 0 Å². The van der Waals surface area contributed by atoms with Crippen LogP contribution in [0.2, 0.25) is 0 Å². The molecule has 0 saturated carbocycles. The highest BCUT2D eigenvalue weighted by atomic mass is 127. The van der Waals surface area contributed by atoms with Gasteiger partial charge in [-0.15, -0.1) is 0 Å². The predicted molar refractivity (Wildman–Crippen MR) is 71.9 cm³/mol. The Kier molecular flexibility index (Phi) is 5.56. The minimum Gasteiger partial charge on any atom is -0.395 e. The first kappa shape index (κ1) is 12.9. The average molecular weight is 319 g/mol. The Morgan fingerprint density at radius 2 is 1.93 bits per heavy atom. The maximum atomic E-state index is 9.10. The molecular formula is C12H18INO. The van der Waals surface area contributed by atoms with Crippen LogP contribution < -0.4 is 5.32 Å². The SMILES string of the molecule is CC[C@H](CO)N[C@H](C)c1ccc(I)cc1. The number of aliphatic hydroxyl groups excluding tert-OH is 1. The first-order valence-electron chi connectivity index (χ1n) is 5.29. The number of benzene rings is 1. The van der Waals surface area contributed by atoms with Crippen LogP contribution >= 0.6 is 22.6 Å². The van der Waals surface area contributed by atoms with Gasteiger partial charge in [-0.1, -0.05) is 19.1 Å². The van der Waals surface area contributed by atoms with Gasteiger partial charge < -0.3 is 10.4 Å². The fourth-order valence-electron chi connectivity index (χ4n) is 1.50. The lowest BCUT2D eigenvalue weighted by Gasteiger charge is -2.20. The molecule has 0 saturated heterocycles. The first-order valence-corrected chi connectivity index (χ1v) is 6.37. The molecule has 0 radical (unpaired) electrons. The lowest BCUT2D eigenvalue weighted by molar-refractivity contribution is 0.230. The summed E-state index contributed by atoms with van der Waals surface area (Å²) in [5, 5.41) is 12.5. The van der Waals surface area contributed by atoms with Gasteiger partial charge in [0, 0.05) is 15.7 Å². The van der Waals surface area contributed by atoms with Crippen LogP contribution in [0.4, 0.5) is 0 Å². The monoisotopic (exact) mass is 319 g/mol. The largest absolute Gasteiger partial charge is 0.395 e. The summed E-state index contributed by atoms with van der Waals surface area (Å²) in [6, 6.07) is 8.95. The summed E-state index contributed by atoms with van der Waals surface area (Å²) in [4.78, 5) is 0. The van der Waals surface area contributed by atoms with Crippen molar-refractivity contribution in [1.82, 2.24) is 5.32 Å². The highest BCUT2D eigenvalue weighted by molar-refractivity contribution is 14.1. The molecule has 2 nitrogen and oxygen atoms in total. The minimum atomic E-state index is 0.194. The zero-order chi connectivity index (χ0) is 11.3. The molecule has 0 aliphatic carbocycles. The lowest BCUT2D eigenvalue weighted by atomic mass is 10.1. The van der Waals surface area contributed by atoms with E-state index < -0.39 is 0 Å². The number of rotatable bonds is 5. The Morgan fingerprint density at radius 1 is 1.33 bits per heavy atom. The summed E-state index contributed by atoms with van der Waals surface area (Å²) in [5.41, 5.74) is 1.27. The van der Waals surface area contributed by atoms with Gasteiger partial charge in [0.15, 0.2) is 0 Å². The second-order valence-corrected chi connectivity index (χ2v) is 4.97. The van der Waals surface area contributed by atoms with Crippen molar-refractivity contribution in [3.8, 4) is 0 Å². The molecule has 0 amide bonds. The highest BCUT2D eigenvalue weighted by Gasteiger charge is 2.10. The van der Waals surface area contributed by atoms with E-state index in [4.69, 9.17) is 5.11 Å². The quantitative estimate of drug-likeness (QED) is 0.818. The van der Waals surface area contributed by atoms with Crippen LogP contribution in [-0.2, 0) is 0 Å². The van der Waals surface area contributed by atoms with Crippen molar-refractivity contribution in [2.45, 2.75) is 32.4 Å². The molecule has 1 rings (SSSR count). The molecule has 1 aromatic rings. The van der Waals surface area contributed by atoms with Crippen molar-refractivity contribution >= 4 is 22.6 Å². The number of hydrogen-bond acceptors (Lipinski definition) is 2. The van der Waals surface area contributed by atoms with Gasteiger partial charge in [0.2, 0.25) is 0 Å². The lowest BCUT2D eigenvalue weighted by Crippen LogP contribution is -2.33. The molecule has 0 unspecified atom stereocenters. The molecule has 1 aromatic carbocycles. The van der Waals surface area contributed by atoms with Gasteiger partial charge >= 0.3 is 0 Å². The van der Waals surface area contributed by atoms with E-state index in [-0.39, 0.29) is 12.6 Å². The van der Waals surface area contributed by atoms with Gasteiger partial charge in [0.1, 0.15) is 0 Å². The second-order valence-electron chi connectivity index (χ2n) is 3.73. The van der Waals surface area contributed by atoms with E-state index in [9.17, 15) is 0 Å². The van der Waals surface area contributed by atoms with Crippen molar-refractivity contribution in [3.05, 3.63) is 33.4 Å². The van der Waals surface area contributed by atoms with Crippen LogP contribution in [0.15, 0.2) is 24.3 Å². The third kappa shape index (κ3) is 4.09. The van der Waals surface area contributed by atoms with Crippen molar-refractivity contribution in [2.24, 2.45) is 0 Å². The molecule has 3 heteroatoms. The molecule has 2 atom stereocenters. The fourth-order valence-corrected chi connectivity index (χ4v) is 1.86. The van der Waals surface area contributed by atoms with Crippen LogP contribution in [0.25, 0.3) is 0 Å². The number of halogens is 1. The van der Waals surface area contributed by atoms with Crippen molar-refractivity contribution in [3.63, 3.8) is 0 Å². The topological polar surface area (TPSA) is 32.3 Å². The van der Waals surface area contributed by atoms with E-state index in [0.29, 0.717) is 6.04 Å². The van der Waals surface area contributed by atoms with Crippen molar-refractivity contribution in [2.75, 3.05) is 6.61 Å². The normalized spacial score (nSPS) is 14.9. The van der Waals surface area contributed by atoms with Crippen molar-refractivity contribution < 1.29 is 5.11 Å². The Bertz CT molecular complexity index is 282. The Hall–Kier alpha value is -0.130. The molecule has 84 valence electrons. The van der Waals surface area contributed by atoms with Crippen LogP contribution in [0.1, 0.15) is 31.9 Å². The van der Waals surface area contributed by atoms with E-state index in [1.54, 1.807) is 0 Å². The summed E-state index contributed by atoms with van der Waals surface area (Å²) < 4.78 is 1.25. The van der Waals surface area contributed by atoms with Crippen LogP contribution in [0, 0.1) is 3.57 Å². The molecule has 0 fully saturated rings. The van der Waals surface area contributed by atoms with Gasteiger partial charge in [0.25, 0.3) is 0 Å². The van der Waals surface area contributed by atoms with Gasteiger partial charge in [-0.3, -0.25) is 0 Å². The zero-order valence-corrected chi connectivity index (χ0v) is 11.4. The zero-order valence-electron chi connectivity index (χ0n) is 9.20. The van der Waals surface area contributed by atoms with Crippen LogP contribution in [-0.4, -0.2) is 17.8 Å². The summed E-state index contributed by atoms with van der Waals surface area (Å²) in [6.07, 6.45) is 0.950. The Balaban J connectivity index is 2.60. The molecular weight excluding hydrogens is 301 g/mol.